The van der Waals surface area contributed by atoms with E-state index in [1.165, 1.54) is 0 Å². The molecule has 0 aliphatic carbocycles. The third kappa shape index (κ3) is 3.10. The van der Waals surface area contributed by atoms with Crippen LogP contribution in [-0.4, -0.2) is 47.1 Å². The van der Waals surface area contributed by atoms with Crippen molar-refractivity contribution in [2.24, 2.45) is 0 Å². The number of hydrogen-bond donors (Lipinski definition) is 0. The lowest BCUT2D eigenvalue weighted by atomic mass is 9.93. The van der Waals surface area contributed by atoms with Gasteiger partial charge in [0.2, 0.25) is 5.91 Å². The summed E-state index contributed by atoms with van der Waals surface area (Å²) in [5.74, 6) is 0.775. The summed E-state index contributed by atoms with van der Waals surface area (Å²) < 4.78 is 5.25. The van der Waals surface area contributed by atoms with Crippen molar-refractivity contribution >= 4 is 22.4 Å². The Balaban J connectivity index is 1.68. The summed E-state index contributed by atoms with van der Waals surface area (Å²) >= 11 is 1.64. The fraction of sp³-hybridized carbons (Fsp3) is 0.562. The van der Waals surface area contributed by atoms with E-state index >= 15 is 0 Å². The van der Waals surface area contributed by atoms with Crippen LogP contribution in [0.1, 0.15) is 36.3 Å². The lowest BCUT2D eigenvalue weighted by Gasteiger charge is -2.36. The van der Waals surface area contributed by atoms with Gasteiger partial charge in [0.25, 0.3) is 0 Å². The standard InChI is InChI=1S/C16H22N4O2S/c1-4-13(14-11(2)18-22-12(14)3)15(21)19-6-8-20(9-7-19)16-17-5-10-23-16/h5,10,13H,4,6-9H2,1-3H3/t13-/m1/s1. The van der Waals surface area contributed by atoms with Gasteiger partial charge in [0.1, 0.15) is 5.76 Å². The lowest BCUT2D eigenvalue weighted by molar-refractivity contribution is -0.133. The molecule has 0 unspecified atom stereocenters. The highest BCUT2D eigenvalue weighted by Gasteiger charge is 2.31. The van der Waals surface area contributed by atoms with Gasteiger partial charge < -0.3 is 14.3 Å². The second-order valence-electron chi connectivity index (χ2n) is 5.83. The molecule has 0 N–H and O–H groups in total. The number of anilines is 1. The van der Waals surface area contributed by atoms with E-state index in [2.05, 4.69) is 15.0 Å². The van der Waals surface area contributed by atoms with E-state index in [1.807, 2.05) is 37.2 Å². The molecule has 2 aromatic rings. The number of thiazole rings is 1. The summed E-state index contributed by atoms with van der Waals surface area (Å²) in [5, 5.41) is 7.02. The first-order valence-electron chi connectivity index (χ1n) is 7.97. The van der Waals surface area contributed by atoms with Crippen molar-refractivity contribution < 1.29 is 9.32 Å². The molecule has 1 saturated heterocycles. The number of amides is 1. The zero-order chi connectivity index (χ0) is 16.4. The Bertz CT molecular complexity index is 640. The Morgan fingerprint density at radius 1 is 1.35 bits per heavy atom. The van der Waals surface area contributed by atoms with Gasteiger partial charge in [0.15, 0.2) is 5.13 Å². The van der Waals surface area contributed by atoms with E-state index in [1.54, 1.807) is 11.3 Å². The molecule has 3 heterocycles. The molecule has 1 aliphatic rings. The average molecular weight is 334 g/mol. The van der Waals surface area contributed by atoms with Crippen molar-refractivity contribution in [3.05, 3.63) is 28.6 Å². The quantitative estimate of drug-likeness (QED) is 0.860. The summed E-state index contributed by atoms with van der Waals surface area (Å²) in [4.78, 5) is 21.5. The number of aryl methyl sites for hydroxylation is 2. The van der Waals surface area contributed by atoms with Crippen LogP contribution in [0.15, 0.2) is 16.1 Å². The van der Waals surface area contributed by atoms with Crippen molar-refractivity contribution in [2.45, 2.75) is 33.1 Å². The van der Waals surface area contributed by atoms with Crippen molar-refractivity contribution in [3.63, 3.8) is 0 Å². The minimum Gasteiger partial charge on any atom is -0.361 e. The predicted octanol–water partition coefficient (Wildman–Crippen LogP) is 2.59. The zero-order valence-electron chi connectivity index (χ0n) is 13.8. The molecule has 23 heavy (non-hydrogen) atoms. The molecule has 0 spiro atoms. The maximum absolute atomic E-state index is 13.0. The van der Waals surface area contributed by atoms with Gasteiger partial charge in [-0.25, -0.2) is 4.98 Å². The van der Waals surface area contributed by atoms with Crippen LogP contribution in [0.5, 0.6) is 0 Å². The second-order valence-corrected chi connectivity index (χ2v) is 6.70. The average Bonchev–Trinajstić information content (AvgIpc) is 3.21. The number of hydrogen-bond acceptors (Lipinski definition) is 6. The second kappa shape index (κ2) is 6.70. The Kier molecular flexibility index (Phi) is 4.66. The van der Waals surface area contributed by atoms with Crippen molar-refractivity contribution in [2.75, 3.05) is 31.1 Å². The molecule has 6 nitrogen and oxygen atoms in total. The maximum atomic E-state index is 13.0. The minimum atomic E-state index is -0.160. The third-order valence-corrected chi connectivity index (χ3v) is 5.26. The number of rotatable bonds is 4. The smallest absolute Gasteiger partial charge is 0.230 e. The number of aromatic nitrogens is 2. The van der Waals surface area contributed by atoms with Gasteiger partial charge in [-0.15, -0.1) is 11.3 Å². The lowest BCUT2D eigenvalue weighted by Crippen LogP contribution is -2.50. The molecule has 1 amide bonds. The van der Waals surface area contributed by atoms with E-state index in [0.29, 0.717) is 0 Å². The Labute approximate surface area is 140 Å². The third-order valence-electron chi connectivity index (χ3n) is 4.42. The molecule has 7 heteroatoms. The van der Waals surface area contributed by atoms with Gasteiger partial charge in [0.05, 0.1) is 11.6 Å². The van der Waals surface area contributed by atoms with Gasteiger partial charge in [-0.05, 0) is 20.3 Å². The Morgan fingerprint density at radius 2 is 2.09 bits per heavy atom. The Morgan fingerprint density at radius 3 is 2.61 bits per heavy atom. The minimum absolute atomic E-state index is 0.160. The predicted molar refractivity (Wildman–Crippen MR) is 89.9 cm³/mol. The van der Waals surface area contributed by atoms with E-state index < -0.39 is 0 Å². The van der Waals surface area contributed by atoms with E-state index in [4.69, 9.17) is 4.52 Å². The van der Waals surface area contributed by atoms with Crippen molar-refractivity contribution in [1.29, 1.82) is 0 Å². The molecular weight excluding hydrogens is 312 g/mol. The first kappa shape index (κ1) is 16.0. The highest BCUT2D eigenvalue weighted by atomic mass is 32.1. The molecule has 1 aliphatic heterocycles. The molecule has 1 atom stereocenters. The summed E-state index contributed by atoms with van der Waals surface area (Å²) in [6.07, 6.45) is 2.58. The number of carbonyl (C=O) groups is 1. The highest BCUT2D eigenvalue weighted by Crippen LogP contribution is 2.29. The summed E-state index contributed by atoms with van der Waals surface area (Å²) in [6, 6.07) is 0. The first-order valence-corrected chi connectivity index (χ1v) is 8.85. The van der Waals surface area contributed by atoms with Crippen LogP contribution in [0.4, 0.5) is 5.13 Å². The monoisotopic (exact) mass is 334 g/mol. The van der Waals surface area contributed by atoms with Gasteiger partial charge in [-0.1, -0.05) is 12.1 Å². The number of carbonyl (C=O) groups excluding carboxylic acids is 1. The summed E-state index contributed by atoms with van der Waals surface area (Å²) in [6.45, 7) is 8.96. The Hall–Kier alpha value is -1.89. The largest absolute Gasteiger partial charge is 0.361 e. The molecular formula is C16H22N4O2S. The summed E-state index contributed by atoms with van der Waals surface area (Å²) in [5.41, 5.74) is 1.78. The topological polar surface area (TPSA) is 62.5 Å². The molecule has 1 fully saturated rings. The van der Waals surface area contributed by atoms with Crippen LogP contribution in [0, 0.1) is 13.8 Å². The summed E-state index contributed by atoms with van der Waals surface area (Å²) in [7, 11) is 0. The van der Waals surface area contributed by atoms with Crippen LogP contribution >= 0.6 is 11.3 Å². The van der Waals surface area contributed by atoms with E-state index in [-0.39, 0.29) is 11.8 Å². The molecule has 0 radical (unpaired) electrons. The van der Waals surface area contributed by atoms with E-state index in [9.17, 15) is 4.79 Å². The highest BCUT2D eigenvalue weighted by molar-refractivity contribution is 7.13. The molecule has 0 aromatic carbocycles. The zero-order valence-corrected chi connectivity index (χ0v) is 14.6. The molecule has 3 rings (SSSR count). The normalized spacial score (nSPS) is 16.7. The van der Waals surface area contributed by atoms with E-state index in [0.717, 1.165) is 54.7 Å². The molecule has 2 aromatic heterocycles. The fourth-order valence-corrected chi connectivity index (χ4v) is 3.90. The number of piperazine rings is 1. The fourth-order valence-electron chi connectivity index (χ4n) is 3.20. The van der Waals surface area contributed by atoms with Crippen LogP contribution in [-0.2, 0) is 4.79 Å². The van der Waals surface area contributed by atoms with Crippen molar-refractivity contribution in [3.8, 4) is 0 Å². The van der Waals surface area contributed by atoms with Gasteiger partial charge in [-0.3, -0.25) is 4.79 Å². The first-order chi connectivity index (χ1) is 11.1. The van der Waals surface area contributed by atoms with Crippen LogP contribution in [0.25, 0.3) is 0 Å². The number of nitrogens with zero attached hydrogens (tertiary/aromatic N) is 4. The van der Waals surface area contributed by atoms with Gasteiger partial charge in [0, 0.05) is 43.3 Å². The van der Waals surface area contributed by atoms with Gasteiger partial charge in [-0.2, -0.15) is 0 Å². The molecule has 0 saturated carbocycles. The van der Waals surface area contributed by atoms with Crippen molar-refractivity contribution in [1.82, 2.24) is 15.0 Å². The van der Waals surface area contributed by atoms with Crippen LogP contribution < -0.4 is 4.90 Å². The molecule has 124 valence electrons. The SMILES string of the molecule is CC[C@@H](C(=O)N1CCN(c2nccs2)CC1)c1c(C)noc1C. The van der Waals surface area contributed by atoms with Gasteiger partial charge >= 0.3 is 0 Å². The maximum Gasteiger partial charge on any atom is 0.230 e. The van der Waals surface area contributed by atoms with Crippen LogP contribution in [0.2, 0.25) is 0 Å². The van der Waals surface area contributed by atoms with Crippen LogP contribution in [0.3, 0.4) is 0 Å². The molecule has 0 bridgehead atoms.